The first-order chi connectivity index (χ1) is 15.5. The molecule has 170 valence electrons. The second-order valence-corrected chi connectivity index (χ2v) is 8.33. The summed E-state index contributed by atoms with van der Waals surface area (Å²) in [4.78, 5) is 17.8. The van der Waals surface area contributed by atoms with E-state index in [-0.39, 0.29) is 11.8 Å². The average Bonchev–Trinajstić information content (AvgIpc) is 2.80. The van der Waals surface area contributed by atoms with Crippen molar-refractivity contribution in [3.8, 4) is 0 Å². The van der Waals surface area contributed by atoms with E-state index in [2.05, 4.69) is 98.3 Å². The van der Waals surface area contributed by atoms with E-state index in [1.165, 1.54) is 11.4 Å². The molecule has 32 heavy (non-hydrogen) atoms. The van der Waals surface area contributed by atoms with Crippen LogP contribution < -0.4 is 15.1 Å². The van der Waals surface area contributed by atoms with Crippen molar-refractivity contribution in [1.29, 1.82) is 0 Å². The number of carbonyl (C=O) groups is 1. The van der Waals surface area contributed by atoms with Crippen LogP contribution in [0, 0.1) is 0 Å². The summed E-state index contributed by atoms with van der Waals surface area (Å²) in [6.07, 6.45) is 4.75. The zero-order chi connectivity index (χ0) is 23.1. The number of nitrogens with one attached hydrogen (secondary N) is 1. The van der Waals surface area contributed by atoms with Crippen LogP contribution in [0.3, 0.4) is 0 Å². The molecule has 1 unspecified atom stereocenters. The van der Waals surface area contributed by atoms with Crippen LogP contribution in [0.15, 0.2) is 59.8 Å². The van der Waals surface area contributed by atoms with E-state index in [0.717, 1.165) is 49.3 Å². The van der Waals surface area contributed by atoms with Crippen molar-refractivity contribution in [1.82, 2.24) is 5.32 Å². The molecule has 0 aliphatic carbocycles. The number of piperidine rings is 1. The fourth-order valence-electron chi connectivity index (χ4n) is 4.32. The minimum absolute atomic E-state index is 0.0868. The molecule has 3 rings (SSSR count). The number of carbonyl (C=O) groups excluding carboxylic acids is 1. The molecular weight excluding hydrogens is 394 g/mol. The average molecular weight is 432 g/mol. The highest BCUT2D eigenvalue weighted by atomic mass is 16.1. The third kappa shape index (κ3) is 5.61. The lowest BCUT2D eigenvalue weighted by Crippen LogP contribution is -2.36. The predicted octanol–water partition coefficient (Wildman–Crippen LogP) is 5.75. The topological polar surface area (TPSA) is 35.6 Å². The van der Waals surface area contributed by atoms with Crippen molar-refractivity contribution in [2.45, 2.75) is 47.1 Å². The molecule has 0 spiro atoms. The number of ketones is 1. The molecule has 1 saturated heterocycles. The van der Waals surface area contributed by atoms with Gasteiger partial charge in [0.15, 0.2) is 0 Å². The van der Waals surface area contributed by atoms with Gasteiger partial charge in [-0.05, 0) is 88.6 Å². The van der Waals surface area contributed by atoms with Crippen LogP contribution >= 0.6 is 0 Å². The zero-order valence-corrected chi connectivity index (χ0v) is 20.2. The Labute approximate surface area is 193 Å². The molecule has 1 heterocycles. The Morgan fingerprint density at radius 2 is 1.22 bits per heavy atom. The molecule has 1 aliphatic rings. The third-order valence-corrected chi connectivity index (χ3v) is 6.16. The summed E-state index contributed by atoms with van der Waals surface area (Å²) in [5.74, 6) is 0.0868. The van der Waals surface area contributed by atoms with Crippen molar-refractivity contribution in [2.75, 3.05) is 36.0 Å². The Kier molecular flexibility index (Phi) is 8.15. The van der Waals surface area contributed by atoms with Gasteiger partial charge in [-0.25, -0.2) is 0 Å². The lowest BCUT2D eigenvalue weighted by molar-refractivity contribution is -0.113. The summed E-state index contributed by atoms with van der Waals surface area (Å²) in [6.45, 7) is 14.7. The van der Waals surface area contributed by atoms with Crippen LogP contribution in [-0.2, 0) is 4.79 Å². The normalized spacial score (nSPS) is 18.7. The van der Waals surface area contributed by atoms with Gasteiger partial charge < -0.3 is 15.1 Å². The Morgan fingerprint density at radius 1 is 0.781 bits per heavy atom. The first-order valence-corrected chi connectivity index (χ1v) is 11.9. The van der Waals surface area contributed by atoms with Crippen molar-refractivity contribution in [2.24, 2.45) is 0 Å². The maximum atomic E-state index is 13.2. The maximum Gasteiger partial charge on any atom is 0.204 e. The first-order valence-electron chi connectivity index (χ1n) is 11.9. The Balaban J connectivity index is 1.81. The quantitative estimate of drug-likeness (QED) is 0.540. The second kappa shape index (κ2) is 11.0. The molecule has 1 atom stereocenters. The summed E-state index contributed by atoms with van der Waals surface area (Å²) in [5.41, 5.74) is 6.07. The maximum absolute atomic E-state index is 13.2. The number of anilines is 2. The highest BCUT2D eigenvalue weighted by Crippen LogP contribution is 2.25. The van der Waals surface area contributed by atoms with Crippen LogP contribution in [0.1, 0.15) is 52.2 Å². The van der Waals surface area contributed by atoms with E-state index >= 15 is 0 Å². The zero-order valence-electron chi connectivity index (χ0n) is 20.2. The molecule has 1 fully saturated rings. The number of hydrogen-bond donors (Lipinski definition) is 1. The molecule has 0 bridgehead atoms. The fourth-order valence-corrected chi connectivity index (χ4v) is 4.32. The second-order valence-electron chi connectivity index (χ2n) is 8.33. The Hall–Kier alpha value is -3.01. The SMILES string of the molecule is CCN(CC)c1ccc(C=C2CC(C)NC(=Cc3ccc(N(CC)CC)cc3)C2=O)cc1. The number of nitrogens with zero attached hydrogens (tertiary/aromatic N) is 2. The fraction of sp³-hybridized carbons (Fsp3) is 0.393. The van der Waals surface area contributed by atoms with Gasteiger partial charge in [0, 0.05) is 49.2 Å². The monoisotopic (exact) mass is 431 g/mol. The number of benzene rings is 2. The van der Waals surface area contributed by atoms with Crippen molar-refractivity contribution >= 4 is 29.3 Å². The number of hydrogen-bond acceptors (Lipinski definition) is 4. The Morgan fingerprint density at radius 3 is 1.66 bits per heavy atom. The number of Topliss-reactive ketones (excluding diaryl/α,β-unsaturated/α-hetero) is 1. The molecule has 1 aliphatic heterocycles. The number of rotatable bonds is 8. The largest absolute Gasteiger partial charge is 0.379 e. The lowest BCUT2D eigenvalue weighted by atomic mass is 9.93. The van der Waals surface area contributed by atoms with Crippen molar-refractivity contribution in [3.05, 3.63) is 70.9 Å². The summed E-state index contributed by atoms with van der Waals surface area (Å²) in [5, 5.41) is 3.38. The summed E-state index contributed by atoms with van der Waals surface area (Å²) >= 11 is 0. The summed E-state index contributed by atoms with van der Waals surface area (Å²) in [6, 6.07) is 17.1. The minimum atomic E-state index is 0.0868. The third-order valence-electron chi connectivity index (χ3n) is 6.16. The van der Waals surface area contributed by atoms with Gasteiger partial charge in [-0.3, -0.25) is 4.79 Å². The van der Waals surface area contributed by atoms with Gasteiger partial charge in [-0.1, -0.05) is 24.3 Å². The first kappa shape index (κ1) is 23.6. The molecule has 1 N–H and O–H groups in total. The van der Waals surface area contributed by atoms with Crippen LogP contribution in [-0.4, -0.2) is 38.0 Å². The molecule has 4 nitrogen and oxygen atoms in total. The van der Waals surface area contributed by atoms with Gasteiger partial charge in [0.05, 0.1) is 5.70 Å². The molecule has 4 heteroatoms. The van der Waals surface area contributed by atoms with Crippen LogP contribution in [0.4, 0.5) is 11.4 Å². The van der Waals surface area contributed by atoms with E-state index in [1.54, 1.807) is 0 Å². The van der Waals surface area contributed by atoms with Gasteiger partial charge in [0.2, 0.25) is 5.78 Å². The van der Waals surface area contributed by atoms with Crippen molar-refractivity contribution < 1.29 is 4.79 Å². The smallest absolute Gasteiger partial charge is 0.204 e. The van der Waals surface area contributed by atoms with Gasteiger partial charge in [0.1, 0.15) is 0 Å². The molecular formula is C28H37N3O. The van der Waals surface area contributed by atoms with Gasteiger partial charge in [-0.15, -0.1) is 0 Å². The van der Waals surface area contributed by atoms with E-state index in [9.17, 15) is 4.79 Å². The van der Waals surface area contributed by atoms with Gasteiger partial charge >= 0.3 is 0 Å². The van der Waals surface area contributed by atoms with Gasteiger partial charge in [-0.2, -0.15) is 0 Å². The van der Waals surface area contributed by atoms with E-state index < -0.39 is 0 Å². The van der Waals surface area contributed by atoms with Crippen molar-refractivity contribution in [3.63, 3.8) is 0 Å². The molecule has 0 saturated carbocycles. The summed E-state index contributed by atoms with van der Waals surface area (Å²) in [7, 11) is 0. The molecule has 2 aromatic rings. The predicted molar refractivity (Wildman–Crippen MR) is 138 cm³/mol. The van der Waals surface area contributed by atoms with E-state index in [4.69, 9.17) is 0 Å². The van der Waals surface area contributed by atoms with Gasteiger partial charge in [0.25, 0.3) is 0 Å². The molecule has 2 aromatic carbocycles. The highest BCUT2D eigenvalue weighted by Gasteiger charge is 2.24. The molecule has 0 amide bonds. The van der Waals surface area contributed by atoms with Crippen LogP contribution in [0.25, 0.3) is 12.2 Å². The van der Waals surface area contributed by atoms with Crippen LogP contribution in [0.2, 0.25) is 0 Å². The number of allylic oxidation sites excluding steroid dienone is 1. The highest BCUT2D eigenvalue weighted by molar-refractivity contribution is 6.13. The van der Waals surface area contributed by atoms with E-state index in [0.29, 0.717) is 5.70 Å². The minimum Gasteiger partial charge on any atom is -0.379 e. The summed E-state index contributed by atoms with van der Waals surface area (Å²) < 4.78 is 0. The standard InChI is InChI=1S/C28H37N3O/c1-6-30(7-2)25-14-10-22(11-15-25)19-24-18-21(5)29-27(28(24)32)20-23-12-16-26(17-13-23)31(8-3)9-4/h10-17,19-21,29H,6-9,18H2,1-5H3. The van der Waals surface area contributed by atoms with E-state index in [1.807, 2.05) is 12.2 Å². The Bertz CT molecular complexity index is 872. The lowest BCUT2D eigenvalue weighted by Gasteiger charge is -2.25. The molecule has 0 radical (unpaired) electrons. The molecule has 0 aromatic heterocycles. The van der Waals surface area contributed by atoms with Crippen LogP contribution in [0.5, 0.6) is 0 Å².